The van der Waals surface area contributed by atoms with Gasteiger partial charge in [-0.15, -0.1) is 0 Å². The monoisotopic (exact) mass is 349 g/mol. The molecule has 0 rings (SSSR count). The van der Waals surface area contributed by atoms with Crippen LogP contribution in [0.25, 0.3) is 0 Å². The van der Waals surface area contributed by atoms with Crippen LogP contribution in [0.15, 0.2) is 0 Å². The molecule has 24 heavy (non-hydrogen) atoms. The Labute approximate surface area is 141 Å². The van der Waals surface area contributed by atoms with E-state index in [9.17, 15) is 19.2 Å². The van der Waals surface area contributed by atoms with Crippen LogP contribution in [0.4, 0.5) is 0 Å². The van der Waals surface area contributed by atoms with E-state index in [1.807, 2.05) is 0 Å². The minimum atomic E-state index is -1.64. The molecule has 0 saturated carbocycles. The van der Waals surface area contributed by atoms with Gasteiger partial charge in [0.15, 0.2) is 12.2 Å². The maximum absolute atomic E-state index is 11.4. The van der Waals surface area contributed by atoms with Gasteiger partial charge in [0.05, 0.1) is 1.37 Å². The molecule has 0 bridgehead atoms. The number of carbonyl (C=O) groups excluding carboxylic acids is 4. The molecule has 0 saturated heterocycles. The summed E-state index contributed by atoms with van der Waals surface area (Å²) in [5.41, 5.74) is 0. The third kappa shape index (κ3) is 8.47. The fraction of sp³-hybridized carbons (Fsp3) is 0.733. The average Bonchev–Trinajstić information content (AvgIpc) is 2.43. The molecule has 1 unspecified atom stereocenters. The van der Waals surface area contributed by atoms with E-state index in [1.54, 1.807) is 0 Å². The van der Waals surface area contributed by atoms with Gasteiger partial charge in [-0.2, -0.15) is 0 Å². The van der Waals surface area contributed by atoms with Crippen LogP contribution in [-0.4, -0.2) is 62.0 Å². The Bertz CT molecular complexity index is 451. The molecule has 0 heterocycles. The number of hydrogen-bond donors (Lipinski definition) is 0. The summed E-state index contributed by atoms with van der Waals surface area (Å²) >= 11 is 0. The van der Waals surface area contributed by atoms with Gasteiger partial charge in [0, 0.05) is 34.8 Å². The van der Waals surface area contributed by atoms with Gasteiger partial charge >= 0.3 is 23.9 Å². The summed E-state index contributed by atoms with van der Waals surface area (Å²) < 4.78 is 33.0. The van der Waals surface area contributed by atoms with Crippen LogP contribution in [0.3, 0.4) is 0 Å². The number of methoxy groups -OCH3 is 1. The SMILES string of the molecule is [2H]C(OC(C)=O)[C@H](OC(C)=O)[C@H](OC)[C@@H](OC(C)=O)[C@H](C)OC(C)=O. The van der Waals surface area contributed by atoms with E-state index >= 15 is 0 Å². The maximum atomic E-state index is 11.4. The zero-order valence-corrected chi connectivity index (χ0v) is 14.6. The lowest BCUT2D eigenvalue weighted by Gasteiger charge is -2.33. The summed E-state index contributed by atoms with van der Waals surface area (Å²) in [6.07, 6.45) is -4.84. The number of hydrogen-bond acceptors (Lipinski definition) is 9. The van der Waals surface area contributed by atoms with Gasteiger partial charge in [-0.3, -0.25) is 19.2 Å². The maximum Gasteiger partial charge on any atom is 0.303 e. The molecule has 138 valence electrons. The molecule has 0 aromatic heterocycles. The van der Waals surface area contributed by atoms with Gasteiger partial charge in [-0.05, 0) is 6.92 Å². The molecule has 0 aliphatic heterocycles. The van der Waals surface area contributed by atoms with Crippen molar-refractivity contribution in [3.05, 3.63) is 0 Å². The summed E-state index contributed by atoms with van der Waals surface area (Å²) in [6.45, 7) is 4.27. The summed E-state index contributed by atoms with van der Waals surface area (Å²) in [5, 5.41) is 0. The van der Waals surface area contributed by atoms with Crippen LogP contribution >= 0.6 is 0 Å². The summed E-state index contributed by atoms with van der Waals surface area (Å²) in [5.74, 6) is -2.88. The van der Waals surface area contributed by atoms with E-state index in [0.717, 1.165) is 20.8 Å². The van der Waals surface area contributed by atoms with Crippen molar-refractivity contribution in [1.82, 2.24) is 0 Å². The first-order chi connectivity index (χ1) is 11.5. The van der Waals surface area contributed by atoms with Gasteiger partial charge in [0.1, 0.15) is 18.8 Å². The number of ether oxygens (including phenoxy) is 5. The molecule has 0 amide bonds. The molecule has 0 N–H and O–H groups in total. The first-order valence-electron chi connectivity index (χ1n) is 7.71. The van der Waals surface area contributed by atoms with Crippen LogP contribution in [0.5, 0.6) is 0 Å². The molecule has 0 spiro atoms. The molecular formula is C15H24O9. The molecule has 0 aromatic rings. The minimum Gasteiger partial charge on any atom is -0.462 e. The Morgan fingerprint density at radius 2 is 1.33 bits per heavy atom. The van der Waals surface area contributed by atoms with Gasteiger partial charge in [-0.25, -0.2) is 0 Å². The van der Waals surface area contributed by atoms with Crippen molar-refractivity contribution in [3.63, 3.8) is 0 Å². The lowest BCUT2D eigenvalue weighted by atomic mass is 10.0. The highest BCUT2D eigenvalue weighted by atomic mass is 16.6. The Morgan fingerprint density at radius 3 is 1.71 bits per heavy atom. The van der Waals surface area contributed by atoms with Crippen molar-refractivity contribution in [1.29, 1.82) is 0 Å². The topological polar surface area (TPSA) is 114 Å². The third-order valence-electron chi connectivity index (χ3n) is 2.71. The molecule has 9 nitrogen and oxygen atoms in total. The highest BCUT2D eigenvalue weighted by molar-refractivity contribution is 5.68. The van der Waals surface area contributed by atoms with Crippen LogP contribution in [0.2, 0.25) is 0 Å². The molecule has 9 heteroatoms. The lowest BCUT2D eigenvalue weighted by Crippen LogP contribution is -2.51. The summed E-state index contributed by atoms with van der Waals surface area (Å²) in [7, 11) is 1.22. The molecule has 0 aliphatic carbocycles. The Balaban J connectivity index is 5.70. The first-order valence-corrected chi connectivity index (χ1v) is 7.13. The van der Waals surface area contributed by atoms with Gasteiger partial charge in [-0.1, -0.05) is 0 Å². The van der Waals surface area contributed by atoms with E-state index < -0.39 is 54.9 Å². The van der Waals surface area contributed by atoms with E-state index in [2.05, 4.69) is 0 Å². The molecule has 0 fully saturated rings. The van der Waals surface area contributed by atoms with E-state index in [1.165, 1.54) is 21.0 Å². The summed E-state index contributed by atoms with van der Waals surface area (Å²) in [4.78, 5) is 45.1. The predicted octanol–water partition coefficient (Wildman–Crippen LogP) is 0.380. The average molecular weight is 349 g/mol. The van der Waals surface area contributed by atoms with Crippen molar-refractivity contribution >= 4 is 23.9 Å². The van der Waals surface area contributed by atoms with E-state index in [4.69, 9.17) is 25.1 Å². The molecular weight excluding hydrogens is 324 g/mol. The lowest BCUT2D eigenvalue weighted by molar-refractivity contribution is -0.194. The molecule has 0 radical (unpaired) electrons. The van der Waals surface area contributed by atoms with Crippen molar-refractivity contribution < 1.29 is 44.2 Å². The third-order valence-corrected chi connectivity index (χ3v) is 2.71. The standard InChI is InChI=1S/C15H24O9/c1-8(22-10(3)17)14(24-12(5)19)15(20-6)13(23-11(4)18)7-21-9(2)16/h8,13-15H,7H2,1-6H3/t8-,13-,14-,15-/m0/s1/i7D/t7?,8-,13-,14-,15-. The van der Waals surface area contributed by atoms with Crippen LogP contribution in [0, 0.1) is 0 Å². The van der Waals surface area contributed by atoms with Crippen molar-refractivity contribution in [2.75, 3.05) is 13.7 Å². The second-order valence-corrected chi connectivity index (χ2v) is 4.91. The second kappa shape index (κ2) is 10.6. The Hall–Kier alpha value is -2.16. The highest BCUT2D eigenvalue weighted by Crippen LogP contribution is 2.18. The van der Waals surface area contributed by atoms with Crippen LogP contribution in [0.1, 0.15) is 36.0 Å². The fourth-order valence-corrected chi connectivity index (χ4v) is 1.93. The number of carbonyl (C=O) groups is 4. The normalized spacial score (nSPS) is 17.3. The van der Waals surface area contributed by atoms with Gasteiger partial charge < -0.3 is 23.7 Å². The molecule has 0 aromatic carbocycles. The van der Waals surface area contributed by atoms with Gasteiger partial charge in [0.2, 0.25) is 0 Å². The van der Waals surface area contributed by atoms with E-state index in [-0.39, 0.29) is 0 Å². The van der Waals surface area contributed by atoms with E-state index in [0.29, 0.717) is 0 Å². The smallest absolute Gasteiger partial charge is 0.303 e. The minimum absolute atomic E-state index is 0.633. The number of rotatable bonds is 9. The zero-order chi connectivity index (χ0) is 19.7. The number of esters is 4. The van der Waals surface area contributed by atoms with Crippen molar-refractivity contribution in [3.8, 4) is 0 Å². The predicted molar refractivity (Wildman–Crippen MR) is 79.8 cm³/mol. The highest BCUT2D eigenvalue weighted by Gasteiger charge is 2.39. The van der Waals surface area contributed by atoms with Gasteiger partial charge in [0.25, 0.3) is 0 Å². The Kier molecular flexibility index (Phi) is 8.77. The van der Waals surface area contributed by atoms with Crippen LogP contribution < -0.4 is 0 Å². The fourth-order valence-electron chi connectivity index (χ4n) is 1.93. The zero-order valence-electron chi connectivity index (χ0n) is 15.6. The molecule has 5 atom stereocenters. The van der Waals surface area contributed by atoms with Crippen molar-refractivity contribution in [2.24, 2.45) is 0 Å². The quantitative estimate of drug-likeness (QED) is 0.430. The first kappa shape index (κ1) is 19.9. The van der Waals surface area contributed by atoms with Crippen LogP contribution in [-0.2, 0) is 42.9 Å². The summed E-state index contributed by atoms with van der Waals surface area (Å²) in [6, 6.07) is 0. The largest absolute Gasteiger partial charge is 0.462 e. The Morgan fingerprint density at radius 1 is 0.833 bits per heavy atom. The second-order valence-electron chi connectivity index (χ2n) is 4.91. The van der Waals surface area contributed by atoms with Crippen molar-refractivity contribution in [2.45, 2.75) is 59.0 Å². The molecule has 0 aliphatic rings.